The van der Waals surface area contributed by atoms with Crippen LogP contribution in [0.5, 0.6) is 0 Å². The third kappa shape index (κ3) is 2.59. The average Bonchev–Trinajstić information content (AvgIpc) is 2.98. The van der Waals surface area contributed by atoms with Crippen LogP contribution in [0.4, 0.5) is 5.69 Å². The van der Waals surface area contributed by atoms with Gasteiger partial charge in [0.2, 0.25) is 0 Å². The van der Waals surface area contributed by atoms with Gasteiger partial charge < -0.3 is 10.4 Å². The van der Waals surface area contributed by atoms with Crippen molar-refractivity contribution in [3.05, 3.63) is 52.6 Å². The largest absolute Gasteiger partial charge is 0.476 e. The van der Waals surface area contributed by atoms with Crippen LogP contribution >= 0.6 is 11.3 Å². The van der Waals surface area contributed by atoms with E-state index in [0.29, 0.717) is 5.69 Å². The first-order chi connectivity index (χ1) is 10.1. The van der Waals surface area contributed by atoms with Crippen molar-refractivity contribution in [1.82, 2.24) is 9.97 Å². The first kappa shape index (κ1) is 13.2. The SMILES string of the molecule is O=C(O)c1csc(C(=O)Nc2cccc3ncccc23)n1. The van der Waals surface area contributed by atoms with Crippen molar-refractivity contribution in [2.45, 2.75) is 0 Å². The molecule has 0 fully saturated rings. The van der Waals surface area contributed by atoms with Crippen LogP contribution in [0.15, 0.2) is 41.9 Å². The minimum atomic E-state index is -1.15. The summed E-state index contributed by atoms with van der Waals surface area (Å²) in [6, 6.07) is 9.02. The standard InChI is InChI=1S/C14H9N3O3S/c18-12(13-17-11(7-21-13)14(19)20)16-10-5-1-4-9-8(10)3-2-6-15-9/h1-7H,(H,16,18)(H,19,20). The molecule has 1 amide bonds. The number of nitrogens with one attached hydrogen (secondary N) is 1. The number of pyridine rings is 1. The zero-order valence-electron chi connectivity index (χ0n) is 10.6. The highest BCUT2D eigenvalue weighted by Gasteiger charge is 2.15. The van der Waals surface area contributed by atoms with Gasteiger partial charge in [0.25, 0.3) is 5.91 Å². The number of rotatable bonds is 3. The van der Waals surface area contributed by atoms with Gasteiger partial charge in [-0.2, -0.15) is 0 Å². The van der Waals surface area contributed by atoms with Gasteiger partial charge in [-0.25, -0.2) is 9.78 Å². The quantitative estimate of drug-likeness (QED) is 0.775. The van der Waals surface area contributed by atoms with Crippen LogP contribution in [0.3, 0.4) is 0 Å². The lowest BCUT2D eigenvalue weighted by atomic mass is 10.2. The van der Waals surface area contributed by atoms with Crippen LogP contribution in [0.25, 0.3) is 10.9 Å². The second-order valence-corrected chi connectivity index (χ2v) is 5.03. The van der Waals surface area contributed by atoms with Gasteiger partial charge in [-0.1, -0.05) is 6.07 Å². The number of carboxylic acid groups (broad SMARTS) is 1. The maximum atomic E-state index is 12.1. The second-order valence-electron chi connectivity index (χ2n) is 4.17. The number of thiazole rings is 1. The molecule has 3 aromatic rings. The number of nitrogens with zero attached hydrogens (tertiary/aromatic N) is 2. The van der Waals surface area contributed by atoms with Gasteiger partial charge in [0.05, 0.1) is 11.2 Å². The molecule has 0 aliphatic carbocycles. The molecular formula is C14H9N3O3S. The zero-order valence-corrected chi connectivity index (χ0v) is 11.4. The first-order valence-corrected chi connectivity index (χ1v) is 6.87. The van der Waals surface area contributed by atoms with Crippen molar-refractivity contribution >= 4 is 39.8 Å². The predicted molar refractivity (Wildman–Crippen MR) is 78.8 cm³/mol. The smallest absolute Gasteiger partial charge is 0.355 e. The molecule has 0 spiro atoms. The molecule has 3 rings (SSSR count). The van der Waals surface area contributed by atoms with Crippen LogP contribution in [0.2, 0.25) is 0 Å². The number of aromatic nitrogens is 2. The van der Waals surface area contributed by atoms with Crippen molar-refractivity contribution in [2.75, 3.05) is 5.32 Å². The van der Waals surface area contributed by atoms with Gasteiger partial charge in [-0.05, 0) is 24.3 Å². The van der Waals surface area contributed by atoms with Gasteiger partial charge in [0, 0.05) is 17.0 Å². The molecule has 0 unspecified atom stereocenters. The van der Waals surface area contributed by atoms with E-state index in [1.54, 1.807) is 24.4 Å². The normalized spacial score (nSPS) is 10.5. The molecule has 2 heterocycles. The summed E-state index contributed by atoms with van der Waals surface area (Å²) in [7, 11) is 0. The minimum absolute atomic E-state index is 0.105. The topological polar surface area (TPSA) is 92.2 Å². The molecule has 0 bridgehead atoms. The minimum Gasteiger partial charge on any atom is -0.476 e. The number of aromatic carboxylic acids is 1. The van der Waals surface area contributed by atoms with Crippen LogP contribution in [0.1, 0.15) is 20.3 Å². The van der Waals surface area contributed by atoms with Gasteiger partial charge in [0.15, 0.2) is 10.7 Å². The molecule has 0 radical (unpaired) electrons. The van der Waals surface area contributed by atoms with Gasteiger partial charge in [0.1, 0.15) is 0 Å². The molecule has 21 heavy (non-hydrogen) atoms. The lowest BCUT2D eigenvalue weighted by Gasteiger charge is -2.06. The molecule has 2 aromatic heterocycles. The molecule has 2 N–H and O–H groups in total. The van der Waals surface area contributed by atoms with E-state index >= 15 is 0 Å². The monoisotopic (exact) mass is 299 g/mol. The van der Waals surface area contributed by atoms with Gasteiger partial charge >= 0.3 is 5.97 Å². The number of anilines is 1. The third-order valence-electron chi connectivity index (χ3n) is 2.81. The molecule has 0 aliphatic rings. The van der Waals surface area contributed by atoms with E-state index in [1.165, 1.54) is 5.38 Å². The fraction of sp³-hybridized carbons (Fsp3) is 0. The Kier molecular flexibility index (Phi) is 3.33. The highest BCUT2D eigenvalue weighted by Crippen LogP contribution is 2.22. The van der Waals surface area contributed by atoms with E-state index in [-0.39, 0.29) is 10.7 Å². The highest BCUT2D eigenvalue weighted by atomic mass is 32.1. The van der Waals surface area contributed by atoms with E-state index in [4.69, 9.17) is 5.11 Å². The van der Waals surface area contributed by atoms with Crippen molar-refractivity contribution in [3.8, 4) is 0 Å². The summed E-state index contributed by atoms with van der Waals surface area (Å²) in [6.07, 6.45) is 1.67. The summed E-state index contributed by atoms with van der Waals surface area (Å²) < 4.78 is 0. The Bertz CT molecular complexity index is 839. The number of fused-ring (bicyclic) bond motifs is 1. The zero-order chi connectivity index (χ0) is 14.8. The van der Waals surface area contributed by atoms with Crippen LogP contribution < -0.4 is 5.32 Å². The fourth-order valence-corrected chi connectivity index (χ4v) is 2.55. The molecule has 0 saturated heterocycles. The van der Waals surface area contributed by atoms with Crippen LogP contribution in [-0.4, -0.2) is 27.0 Å². The molecule has 1 aromatic carbocycles. The lowest BCUT2D eigenvalue weighted by molar-refractivity contribution is 0.0691. The Morgan fingerprint density at radius 1 is 1.19 bits per heavy atom. The molecule has 0 atom stereocenters. The van der Waals surface area contributed by atoms with E-state index < -0.39 is 11.9 Å². The first-order valence-electron chi connectivity index (χ1n) is 5.99. The number of hydrogen-bond donors (Lipinski definition) is 2. The third-order valence-corrected chi connectivity index (χ3v) is 3.65. The van der Waals surface area contributed by atoms with Crippen LogP contribution in [-0.2, 0) is 0 Å². The Morgan fingerprint density at radius 2 is 2.05 bits per heavy atom. The second kappa shape index (κ2) is 5.29. The Labute approximate surface area is 123 Å². The maximum absolute atomic E-state index is 12.1. The van der Waals surface area contributed by atoms with Crippen molar-refractivity contribution in [1.29, 1.82) is 0 Å². The van der Waals surface area contributed by atoms with E-state index in [2.05, 4.69) is 15.3 Å². The summed E-state index contributed by atoms with van der Waals surface area (Å²) in [5, 5.41) is 13.8. The number of benzene rings is 1. The average molecular weight is 299 g/mol. The van der Waals surface area contributed by atoms with Gasteiger partial charge in [-0.15, -0.1) is 11.3 Å². The molecule has 0 aliphatic heterocycles. The summed E-state index contributed by atoms with van der Waals surface area (Å²) in [4.78, 5) is 30.9. The Morgan fingerprint density at radius 3 is 2.81 bits per heavy atom. The summed E-state index contributed by atoms with van der Waals surface area (Å²) in [5.74, 6) is -1.59. The molecular weight excluding hydrogens is 290 g/mol. The fourth-order valence-electron chi connectivity index (χ4n) is 1.86. The lowest BCUT2D eigenvalue weighted by Crippen LogP contribution is -2.12. The summed E-state index contributed by atoms with van der Waals surface area (Å²) in [5.41, 5.74) is 1.24. The predicted octanol–water partition coefficient (Wildman–Crippen LogP) is 2.64. The van der Waals surface area contributed by atoms with Crippen molar-refractivity contribution < 1.29 is 14.7 Å². The Balaban J connectivity index is 1.91. The Hall–Kier alpha value is -2.80. The molecule has 104 valence electrons. The number of carbonyl (C=O) groups excluding carboxylic acids is 1. The van der Waals surface area contributed by atoms with Gasteiger partial charge in [-0.3, -0.25) is 9.78 Å². The van der Waals surface area contributed by atoms with Crippen LogP contribution in [0, 0.1) is 0 Å². The highest BCUT2D eigenvalue weighted by molar-refractivity contribution is 7.12. The number of hydrogen-bond acceptors (Lipinski definition) is 5. The van der Waals surface area contributed by atoms with Crippen molar-refractivity contribution in [3.63, 3.8) is 0 Å². The van der Waals surface area contributed by atoms with Crippen molar-refractivity contribution in [2.24, 2.45) is 0 Å². The summed E-state index contributed by atoms with van der Waals surface area (Å²) in [6.45, 7) is 0. The number of amides is 1. The van der Waals surface area contributed by atoms with E-state index in [9.17, 15) is 9.59 Å². The molecule has 0 saturated carbocycles. The van der Waals surface area contributed by atoms with E-state index in [1.807, 2.05) is 12.1 Å². The maximum Gasteiger partial charge on any atom is 0.355 e. The summed E-state index contributed by atoms with van der Waals surface area (Å²) >= 11 is 0.991. The number of carbonyl (C=O) groups is 2. The van der Waals surface area contributed by atoms with E-state index in [0.717, 1.165) is 22.2 Å². The molecule has 6 nitrogen and oxygen atoms in total. The molecule has 7 heteroatoms. The number of carboxylic acids is 1.